The average molecular weight is 321 g/mol. The summed E-state index contributed by atoms with van der Waals surface area (Å²) in [5.41, 5.74) is 0.207. The quantitative estimate of drug-likeness (QED) is 0.695. The first-order chi connectivity index (χ1) is 11.0. The molecule has 2 spiro atoms. The van der Waals surface area contributed by atoms with Gasteiger partial charge in [-0.2, -0.15) is 0 Å². The molecule has 0 aromatic rings. The van der Waals surface area contributed by atoms with Crippen molar-refractivity contribution in [1.29, 1.82) is 0 Å². The summed E-state index contributed by atoms with van der Waals surface area (Å²) in [6.07, 6.45) is 4.29. The molecule has 3 heterocycles. The van der Waals surface area contributed by atoms with Crippen LogP contribution in [0, 0.1) is 28.6 Å². The lowest BCUT2D eigenvalue weighted by Gasteiger charge is -2.76. The monoisotopic (exact) mass is 321 g/mol. The number of fused-ring (bicyclic) bond motifs is 2. The van der Waals surface area contributed by atoms with Gasteiger partial charge in [-0.05, 0) is 39.0 Å². The van der Waals surface area contributed by atoms with Gasteiger partial charge in [0.05, 0.1) is 0 Å². The Hall–Kier alpha value is -0.650. The van der Waals surface area contributed by atoms with Gasteiger partial charge in [0.25, 0.3) is 0 Å². The fraction of sp³-hybridized carbons (Fsp3) is 0.944. The van der Waals surface area contributed by atoms with Crippen LogP contribution in [0.3, 0.4) is 0 Å². The summed E-state index contributed by atoms with van der Waals surface area (Å²) in [5, 5.41) is 0. The van der Waals surface area contributed by atoms with Crippen molar-refractivity contribution in [2.24, 2.45) is 33.6 Å². The molecular formula is C18H27NO4. The van der Waals surface area contributed by atoms with Crippen molar-refractivity contribution in [3.63, 3.8) is 0 Å². The summed E-state index contributed by atoms with van der Waals surface area (Å²) in [5.74, 6) is 1.45. The van der Waals surface area contributed by atoms with E-state index in [1.54, 1.807) is 0 Å². The van der Waals surface area contributed by atoms with E-state index in [1.165, 1.54) is 6.42 Å². The van der Waals surface area contributed by atoms with Crippen LogP contribution >= 0.6 is 0 Å². The Balaban J connectivity index is 1.69. The fourth-order valence-corrected chi connectivity index (χ4v) is 6.65. The number of hydrogen-bond acceptors (Lipinski definition) is 5. The van der Waals surface area contributed by atoms with Crippen molar-refractivity contribution in [2.45, 2.75) is 71.6 Å². The third kappa shape index (κ3) is 1.45. The van der Waals surface area contributed by atoms with Gasteiger partial charge in [-0.1, -0.05) is 13.8 Å². The second kappa shape index (κ2) is 4.30. The van der Waals surface area contributed by atoms with Gasteiger partial charge in [0.15, 0.2) is 5.90 Å². The molecular weight excluding hydrogens is 294 g/mol. The summed E-state index contributed by atoms with van der Waals surface area (Å²) in [7, 11) is 0. The van der Waals surface area contributed by atoms with Crippen LogP contribution in [0.25, 0.3) is 0 Å². The molecule has 0 amide bonds. The minimum atomic E-state index is -0.701. The van der Waals surface area contributed by atoms with E-state index >= 15 is 0 Å². The molecule has 5 fully saturated rings. The summed E-state index contributed by atoms with van der Waals surface area (Å²) < 4.78 is 12.6. The molecule has 0 N–H and O–H groups in total. The maximum Gasteiger partial charge on any atom is 0.208 e. The van der Waals surface area contributed by atoms with E-state index in [9.17, 15) is 0 Å². The predicted octanol–water partition coefficient (Wildman–Crippen LogP) is 3.29. The molecule has 5 nitrogen and oxygen atoms in total. The van der Waals surface area contributed by atoms with E-state index in [-0.39, 0.29) is 29.1 Å². The fourth-order valence-electron chi connectivity index (χ4n) is 6.65. The first-order valence-corrected chi connectivity index (χ1v) is 9.21. The molecule has 5 aliphatic rings. The highest BCUT2D eigenvalue weighted by Gasteiger charge is 2.83. The van der Waals surface area contributed by atoms with Crippen molar-refractivity contribution in [1.82, 2.24) is 0 Å². The maximum atomic E-state index is 6.34. The van der Waals surface area contributed by atoms with Gasteiger partial charge in [-0.25, -0.2) is 9.78 Å². The Morgan fingerprint density at radius 1 is 1.17 bits per heavy atom. The van der Waals surface area contributed by atoms with Crippen LogP contribution in [0.2, 0.25) is 0 Å². The Morgan fingerprint density at radius 3 is 2.78 bits per heavy atom. The molecule has 8 unspecified atom stereocenters. The van der Waals surface area contributed by atoms with E-state index in [4.69, 9.17) is 19.2 Å². The van der Waals surface area contributed by atoms with E-state index in [0.29, 0.717) is 11.8 Å². The molecule has 23 heavy (non-hydrogen) atoms. The van der Waals surface area contributed by atoms with Crippen LogP contribution in [0.15, 0.2) is 4.99 Å². The van der Waals surface area contributed by atoms with Gasteiger partial charge in [0.1, 0.15) is 6.10 Å². The van der Waals surface area contributed by atoms with E-state index in [1.807, 2.05) is 6.92 Å². The summed E-state index contributed by atoms with van der Waals surface area (Å²) in [6, 6.07) is 0. The zero-order chi connectivity index (χ0) is 16.0. The van der Waals surface area contributed by atoms with Gasteiger partial charge < -0.3 is 9.47 Å². The summed E-state index contributed by atoms with van der Waals surface area (Å²) in [4.78, 5) is 16.6. The van der Waals surface area contributed by atoms with Crippen molar-refractivity contribution in [3.05, 3.63) is 0 Å². The minimum Gasteiger partial charge on any atom is -0.451 e. The van der Waals surface area contributed by atoms with Gasteiger partial charge in [0, 0.05) is 35.6 Å². The van der Waals surface area contributed by atoms with E-state index in [2.05, 4.69) is 25.8 Å². The van der Waals surface area contributed by atoms with E-state index in [0.717, 1.165) is 31.7 Å². The zero-order valence-electron chi connectivity index (χ0n) is 14.5. The lowest BCUT2D eigenvalue weighted by molar-refractivity contribution is -0.540. The molecule has 2 saturated carbocycles. The average Bonchev–Trinajstić information content (AvgIpc) is 2.69. The molecule has 128 valence electrons. The number of aliphatic imine (C=N–C) groups is 1. The Bertz CT molecular complexity index is 579. The number of hydrogen-bond donors (Lipinski definition) is 0. The SMILES string of the molecule is CCN=C1OC2OC3(C)CCC45C(C)CCC(C1C)(C4OO3)C25. The van der Waals surface area contributed by atoms with Crippen LogP contribution in [-0.2, 0) is 19.2 Å². The maximum absolute atomic E-state index is 6.34. The van der Waals surface area contributed by atoms with Crippen LogP contribution in [-0.4, -0.2) is 30.6 Å². The lowest BCUT2D eigenvalue weighted by atomic mass is 9.31. The predicted molar refractivity (Wildman–Crippen MR) is 83.4 cm³/mol. The minimum absolute atomic E-state index is 0.0646. The first-order valence-electron chi connectivity index (χ1n) is 9.21. The molecule has 3 bridgehead atoms. The number of nitrogens with zero attached hydrogens (tertiary/aromatic N) is 1. The van der Waals surface area contributed by atoms with Crippen LogP contribution in [0.1, 0.15) is 53.4 Å². The van der Waals surface area contributed by atoms with Crippen molar-refractivity contribution in [2.75, 3.05) is 6.54 Å². The number of ether oxygens (including phenoxy) is 2. The molecule has 0 aromatic heterocycles. The van der Waals surface area contributed by atoms with Crippen LogP contribution in [0.4, 0.5) is 0 Å². The van der Waals surface area contributed by atoms with Crippen molar-refractivity contribution in [3.8, 4) is 0 Å². The van der Waals surface area contributed by atoms with Gasteiger partial charge in [-0.3, -0.25) is 4.99 Å². The van der Waals surface area contributed by atoms with Crippen molar-refractivity contribution < 1.29 is 19.2 Å². The van der Waals surface area contributed by atoms with Crippen molar-refractivity contribution >= 4 is 5.90 Å². The summed E-state index contributed by atoms with van der Waals surface area (Å²) >= 11 is 0. The third-order valence-electron chi connectivity index (χ3n) is 7.76. The highest BCUT2D eigenvalue weighted by Crippen LogP contribution is 2.79. The van der Waals surface area contributed by atoms with Crippen LogP contribution in [0.5, 0.6) is 0 Å². The van der Waals surface area contributed by atoms with E-state index < -0.39 is 5.79 Å². The van der Waals surface area contributed by atoms with Gasteiger partial charge in [0.2, 0.25) is 12.1 Å². The normalized spacial score (nSPS) is 61.4. The smallest absolute Gasteiger partial charge is 0.208 e. The summed E-state index contributed by atoms with van der Waals surface area (Å²) in [6.45, 7) is 9.42. The second-order valence-electron chi connectivity index (χ2n) is 8.47. The second-order valence-corrected chi connectivity index (χ2v) is 8.47. The highest BCUT2D eigenvalue weighted by atomic mass is 17.2. The molecule has 3 saturated heterocycles. The van der Waals surface area contributed by atoms with Gasteiger partial charge in [-0.15, -0.1) is 0 Å². The molecule has 8 atom stereocenters. The Kier molecular flexibility index (Phi) is 2.74. The first kappa shape index (κ1) is 14.7. The zero-order valence-corrected chi connectivity index (χ0v) is 14.5. The van der Waals surface area contributed by atoms with Gasteiger partial charge >= 0.3 is 0 Å². The molecule has 3 aliphatic heterocycles. The lowest BCUT2D eigenvalue weighted by Crippen LogP contribution is -2.81. The Labute approximate surface area is 137 Å². The standard InChI is InChI=1S/C18H27NO4/c1-5-19-13-11(3)18-7-6-10(2)17-9-8-16(4,23-22-15(17)18)21-14(20-13)12(17)18/h10-12,14-15H,5-9H2,1-4H3. The molecule has 2 aliphatic carbocycles. The molecule has 5 heteroatoms. The van der Waals surface area contributed by atoms with Crippen LogP contribution < -0.4 is 0 Å². The largest absolute Gasteiger partial charge is 0.451 e. The molecule has 0 aromatic carbocycles. The Morgan fingerprint density at radius 2 is 2.00 bits per heavy atom. The molecule has 0 radical (unpaired) electrons. The molecule has 5 rings (SSSR count). The highest BCUT2D eigenvalue weighted by molar-refractivity contribution is 5.81. The third-order valence-corrected chi connectivity index (χ3v) is 7.76. The number of rotatable bonds is 1. The topological polar surface area (TPSA) is 49.3 Å².